The van der Waals surface area contributed by atoms with E-state index in [1.165, 1.54) is 116 Å². The number of esters is 2. The van der Waals surface area contributed by atoms with Gasteiger partial charge in [-0.25, -0.2) is 4.57 Å². The smallest absolute Gasteiger partial charge is 0.462 e. The Morgan fingerprint density at radius 1 is 0.580 bits per heavy atom. The van der Waals surface area contributed by atoms with Crippen molar-refractivity contribution >= 4 is 19.8 Å². The number of rotatable bonds is 38. The van der Waals surface area contributed by atoms with Crippen molar-refractivity contribution in [2.24, 2.45) is 0 Å². The molecule has 296 valence electrons. The minimum atomic E-state index is -4.61. The van der Waals surface area contributed by atoms with Gasteiger partial charge in [-0.3, -0.25) is 18.6 Å². The van der Waals surface area contributed by atoms with Crippen LogP contribution in [-0.2, 0) is 32.7 Å². The second kappa shape index (κ2) is 36.1. The average molecular weight is 735 g/mol. The van der Waals surface area contributed by atoms with Crippen LogP contribution in [0.2, 0.25) is 0 Å². The minimum Gasteiger partial charge on any atom is -0.462 e. The van der Waals surface area contributed by atoms with Gasteiger partial charge in [0, 0.05) is 12.8 Å². The molecule has 0 saturated heterocycles. The van der Waals surface area contributed by atoms with Crippen LogP contribution in [0.1, 0.15) is 187 Å². The zero-order chi connectivity index (χ0) is 37.0. The number of phosphoric acid groups is 1. The molecule has 0 aliphatic rings. The third-order valence-corrected chi connectivity index (χ3v) is 9.63. The summed E-state index contributed by atoms with van der Waals surface area (Å²) in [5, 5.41) is 18.3. The molecule has 11 heteroatoms. The Hall–Kier alpha value is -1.29. The highest BCUT2D eigenvalue weighted by atomic mass is 31.2. The zero-order valence-corrected chi connectivity index (χ0v) is 32.8. The minimum absolute atomic E-state index is 0.162. The summed E-state index contributed by atoms with van der Waals surface area (Å²) in [6, 6.07) is 0. The number of carbonyl (C=O) groups excluding carboxylic acids is 2. The van der Waals surface area contributed by atoms with E-state index in [9.17, 15) is 24.2 Å². The van der Waals surface area contributed by atoms with E-state index < -0.39 is 51.8 Å². The monoisotopic (exact) mass is 735 g/mol. The number of hydrogen-bond acceptors (Lipinski definition) is 9. The molecule has 0 amide bonds. The molecular weight excluding hydrogens is 659 g/mol. The topological polar surface area (TPSA) is 149 Å². The maximum atomic E-state index is 12.5. The van der Waals surface area contributed by atoms with Crippen molar-refractivity contribution in [2.45, 2.75) is 199 Å². The Balaban J connectivity index is 4.35. The van der Waals surface area contributed by atoms with Crippen LogP contribution in [-0.4, -0.2) is 65.7 Å². The number of hydrogen-bond donors (Lipinski definition) is 3. The molecule has 0 aromatic rings. The van der Waals surface area contributed by atoms with Crippen LogP contribution in [0.3, 0.4) is 0 Å². The first-order valence-electron chi connectivity index (χ1n) is 20.1. The summed E-state index contributed by atoms with van der Waals surface area (Å²) in [7, 11) is -4.61. The van der Waals surface area contributed by atoms with Gasteiger partial charge in [0.2, 0.25) is 0 Å². The SMILES string of the molecule is CCCCCCCCCCCCC/C=C/CCC(=O)OC[C@H](COP(=O)(O)OC[C@@H](O)CO)OC(=O)CCCCCCCCCCCCCC. The van der Waals surface area contributed by atoms with Crippen molar-refractivity contribution in [2.75, 3.05) is 26.4 Å². The van der Waals surface area contributed by atoms with Crippen LogP contribution < -0.4 is 0 Å². The van der Waals surface area contributed by atoms with Gasteiger partial charge in [0.1, 0.15) is 12.7 Å². The number of unbranched alkanes of at least 4 members (excludes halogenated alkanes) is 22. The normalized spacial score (nSPS) is 14.1. The number of aliphatic hydroxyl groups is 2. The lowest BCUT2D eigenvalue weighted by Gasteiger charge is -2.20. The van der Waals surface area contributed by atoms with Gasteiger partial charge >= 0.3 is 19.8 Å². The molecule has 0 aromatic carbocycles. The maximum Gasteiger partial charge on any atom is 0.472 e. The Bertz CT molecular complexity index is 853. The van der Waals surface area contributed by atoms with Gasteiger partial charge in [0.05, 0.1) is 19.8 Å². The van der Waals surface area contributed by atoms with Crippen molar-refractivity contribution in [3.63, 3.8) is 0 Å². The zero-order valence-electron chi connectivity index (χ0n) is 31.9. The van der Waals surface area contributed by atoms with Crippen LogP contribution in [0.5, 0.6) is 0 Å². The van der Waals surface area contributed by atoms with E-state index in [-0.39, 0.29) is 19.4 Å². The van der Waals surface area contributed by atoms with Crippen LogP contribution in [0, 0.1) is 0 Å². The highest BCUT2D eigenvalue weighted by molar-refractivity contribution is 7.47. The van der Waals surface area contributed by atoms with E-state index in [0.29, 0.717) is 12.8 Å². The molecule has 0 aliphatic heterocycles. The molecule has 1 unspecified atom stereocenters. The molecule has 0 heterocycles. The van der Waals surface area contributed by atoms with Crippen molar-refractivity contribution in [3.8, 4) is 0 Å². The molecule has 0 fully saturated rings. The Morgan fingerprint density at radius 2 is 1.02 bits per heavy atom. The molecule has 0 aliphatic carbocycles. The first kappa shape index (κ1) is 48.7. The third kappa shape index (κ3) is 35.1. The van der Waals surface area contributed by atoms with Gasteiger partial charge in [0.15, 0.2) is 6.10 Å². The van der Waals surface area contributed by atoms with E-state index in [2.05, 4.69) is 24.4 Å². The quantitative estimate of drug-likeness (QED) is 0.0242. The first-order chi connectivity index (χ1) is 24.2. The number of phosphoric ester groups is 1. The van der Waals surface area contributed by atoms with Crippen molar-refractivity contribution in [1.29, 1.82) is 0 Å². The summed E-state index contributed by atoms with van der Waals surface area (Å²) < 4.78 is 32.6. The van der Waals surface area contributed by atoms with Crippen molar-refractivity contribution in [3.05, 3.63) is 12.2 Å². The molecule has 0 bridgehead atoms. The highest BCUT2D eigenvalue weighted by Gasteiger charge is 2.27. The molecule has 10 nitrogen and oxygen atoms in total. The maximum absolute atomic E-state index is 12.5. The van der Waals surface area contributed by atoms with Gasteiger partial charge < -0.3 is 24.6 Å². The number of carbonyl (C=O) groups is 2. The molecule has 0 saturated carbocycles. The fourth-order valence-corrected chi connectivity index (χ4v) is 6.33. The fourth-order valence-electron chi connectivity index (χ4n) is 5.54. The second-order valence-electron chi connectivity index (χ2n) is 13.7. The third-order valence-electron chi connectivity index (χ3n) is 8.68. The molecule has 0 spiro atoms. The van der Waals surface area contributed by atoms with Crippen LogP contribution in [0.15, 0.2) is 12.2 Å². The van der Waals surface area contributed by atoms with E-state index in [1.54, 1.807) is 0 Å². The van der Waals surface area contributed by atoms with Gasteiger partial charge in [-0.15, -0.1) is 0 Å². The van der Waals surface area contributed by atoms with E-state index in [1.807, 2.05) is 6.08 Å². The number of allylic oxidation sites excluding steroid dienone is 2. The lowest BCUT2D eigenvalue weighted by atomic mass is 10.0. The molecule has 50 heavy (non-hydrogen) atoms. The predicted molar refractivity (Wildman–Crippen MR) is 201 cm³/mol. The van der Waals surface area contributed by atoms with Crippen molar-refractivity contribution in [1.82, 2.24) is 0 Å². The van der Waals surface area contributed by atoms with Crippen LogP contribution in [0.25, 0.3) is 0 Å². The Labute approximate surface area is 305 Å². The average Bonchev–Trinajstić information content (AvgIpc) is 3.10. The Morgan fingerprint density at radius 3 is 1.52 bits per heavy atom. The van der Waals surface area contributed by atoms with Gasteiger partial charge in [-0.1, -0.05) is 161 Å². The lowest BCUT2D eigenvalue weighted by Crippen LogP contribution is -2.29. The van der Waals surface area contributed by atoms with Gasteiger partial charge in [-0.05, 0) is 25.7 Å². The lowest BCUT2D eigenvalue weighted by molar-refractivity contribution is -0.161. The molecule has 0 rings (SSSR count). The largest absolute Gasteiger partial charge is 0.472 e. The predicted octanol–water partition coefficient (Wildman–Crippen LogP) is 10.1. The fraction of sp³-hybridized carbons (Fsp3) is 0.897. The van der Waals surface area contributed by atoms with Crippen LogP contribution >= 0.6 is 7.82 Å². The molecular formula is C39H75O10P. The summed E-state index contributed by atoms with van der Waals surface area (Å²) in [5.74, 6) is -0.975. The summed E-state index contributed by atoms with van der Waals surface area (Å²) in [4.78, 5) is 34.8. The second-order valence-corrected chi connectivity index (χ2v) is 15.1. The summed E-state index contributed by atoms with van der Waals surface area (Å²) in [5.41, 5.74) is 0. The molecule has 0 radical (unpaired) electrons. The summed E-state index contributed by atoms with van der Waals surface area (Å²) in [6.45, 7) is 2.34. The van der Waals surface area contributed by atoms with E-state index >= 15 is 0 Å². The van der Waals surface area contributed by atoms with Gasteiger partial charge in [-0.2, -0.15) is 0 Å². The standard InChI is InChI=1S/C39H75O10P/c1-3-5-7-9-11-13-15-17-18-19-21-22-24-26-28-30-38(42)46-34-37(35-48-50(44,45)47-33-36(41)32-40)49-39(43)31-29-27-25-23-20-16-14-12-10-8-6-4-2/h24,26,36-37,40-41H,3-23,25,27-35H2,1-2H3,(H,44,45)/b26-24+/t36-,37+/m0/s1. The first-order valence-corrected chi connectivity index (χ1v) is 21.6. The Kier molecular flexibility index (Phi) is 35.2. The number of ether oxygens (including phenoxy) is 2. The van der Waals surface area contributed by atoms with Crippen molar-refractivity contribution < 1.29 is 47.8 Å². The molecule has 3 N–H and O–H groups in total. The summed E-state index contributed by atoms with van der Waals surface area (Å²) in [6.07, 6.45) is 31.9. The van der Waals surface area contributed by atoms with Gasteiger partial charge in [0.25, 0.3) is 0 Å². The molecule has 0 aromatic heterocycles. The highest BCUT2D eigenvalue weighted by Crippen LogP contribution is 2.43. The molecule has 3 atom stereocenters. The van der Waals surface area contributed by atoms with E-state index in [4.69, 9.17) is 19.1 Å². The van der Waals surface area contributed by atoms with Crippen LogP contribution in [0.4, 0.5) is 0 Å². The van der Waals surface area contributed by atoms with E-state index in [0.717, 1.165) is 32.1 Å². The summed E-state index contributed by atoms with van der Waals surface area (Å²) >= 11 is 0. The number of aliphatic hydroxyl groups excluding tert-OH is 2.